The highest BCUT2D eigenvalue weighted by atomic mass is 35.5. The summed E-state index contributed by atoms with van der Waals surface area (Å²) >= 11 is 5.93. The lowest BCUT2D eigenvalue weighted by atomic mass is 10.2. The molecule has 25 heavy (non-hydrogen) atoms. The Balaban J connectivity index is 2.29. The molecule has 0 spiro atoms. The lowest BCUT2D eigenvalue weighted by molar-refractivity contribution is 0.593. The summed E-state index contributed by atoms with van der Waals surface area (Å²) in [6.45, 7) is 3.74. The topological polar surface area (TPSA) is 17.1 Å². The highest BCUT2D eigenvalue weighted by Gasteiger charge is 2.33. The summed E-state index contributed by atoms with van der Waals surface area (Å²) < 4.78 is 27.8. The quantitative estimate of drug-likeness (QED) is 0.431. The maximum Gasteiger partial charge on any atom is 0.178 e. The average Bonchev–Trinajstić information content (AvgIpc) is 2.66. The van der Waals surface area contributed by atoms with E-state index in [2.05, 4.69) is 12.3 Å². The van der Waals surface area contributed by atoms with Gasteiger partial charge in [-0.25, -0.2) is 4.39 Å². The summed E-state index contributed by atoms with van der Waals surface area (Å²) in [5, 5.41) is 1.70. The molecule has 0 aliphatic heterocycles. The molecule has 0 heterocycles. The van der Waals surface area contributed by atoms with E-state index in [4.69, 9.17) is 11.6 Å². The third-order valence-electron chi connectivity index (χ3n) is 3.91. The molecule has 0 saturated heterocycles. The van der Waals surface area contributed by atoms with Gasteiger partial charge in [-0.2, -0.15) is 0 Å². The first-order valence-corrected chi connectivity index (χ1v) is 9.73. The van der Waals surface area contributed by atoms with Crippen LogP contribution in [0.2, 0.25) is 5.02 Å². The molecule has 0 saturated carbocycles. The first kappa shape index (κ1) is 17.5. The van der Waals surface area contributed by atoms with Crippen LogP contribution in [0.5, 0.6) is 0 Å². The van der Waals surface area contributed by atoms with Crippen LogP contribution in [0.15, 0.2) is 91.2 Å². The van der Waals surface area contributed by atoms with Gasteiger partial charge in [0.1, 0.15) is 5.82 Å². The molecule has 0 aliphatic carbocycles. The summed E-state index contributed by atoms with van der Waals surface area (Å²) in [6.07, 6.45) is 0. The molecular formula is C21H15ClFOP. The molecule has 0 fully saturated rings. The third kappa shape index (κ3) is 3.25. The standard InChI is InChI=1S/C21H15ClFOP/c1-2-21(16-13-14-20(23)19(22)15-16)25(24,17-9-5-3-6-10-17)18-11-7-4-8-12-18/h3-15H,1H2. The minimum atomic E-state index is -3.23. The third-order valence-corrected chi connectivity index (χ3v) is 7.30. The molecular weight excluding hydrogens is 354 g/mol. The van der Waals surface area contributed by atoms with Crippen molar-refractivity contribution in [3.8, 4) is 0 Å². The Morgan fingerprint density at radius 1 is 0.920 bits per heavy atom. The summed E-state index contributed by atoms with van der Waals surface area (Å²) in [5.41, 5.74) is 3.36. The van der Waals surface area contributed by atoms with Crippen LogP contribution in [-0.4, -0.2) is 0 Å². The Kier molecular flexibility index (Phi) is 5.06. The van der Waals surface area contributed by atoms with Gasteiger partial charge in [-0.1, -0.05) is 84.9 Å². The molecule has 0 bridgehead atoms. The lowest BCUT2D eigenvalue weighted by Gasteiger charge is -2.21. The lowest BCUT2D eigenvalue weighted by Crippen LogP contribution is -2.16. The van der Waals surface area contributed by atoms with Crippen molar-refractivity contribution in [3.05, 3.63) is 108 Å². The van der Waals surface area contributed by atoms with E-state index in [-0.39, 0.29) is 5.02 Å². The maximum absolute atomic E-state index is 14.3. The van der Waals surface area contributed by atoms with Crippen molar-refractivity contribution in [2.24, 2.45) is 0 Å². The van der Waals surface area contributed by atoms with E-state index in [1.807, 2.05) is 60.7 Å². The zero-order valence-corrected chi connectivity index (χ0v) is 15.0. The molecule has 0 aromatic heterocycles. The average molecular weight is 369 g/mol. The fraction of sp³-hybridized carbons (Fsp3) is 0. The second-order valence-electron chi connectivity index (χ2n) is 5.43. The second kappa shape index (κ2) is 7.25. The van der Waals surface area contributed by atoms with Crippen molar-refractivity contribution in [3.63, 3.8) is 0 Å². The van der Waals surface area contributed by atoms with E-state index in [1.165, 1.54) is 12.1 Å². The first-order valence-electron chi connectivity index (χ1n) is 7.64. The van der Waals surface area contributed by atoms with Gasteiger partial charge in [0.2, 0.25) is 0 Å². The fourth-order valence-corrected chi connectivity index (χ4v) is 5.63. The van der Waals surface area contributed by atoms with Gasteiger partial charge in [0.15, 0.2) is 7.14 Å². The molecule has 0 amide bonds. The molecule has 0 atom stereocenters. The maximum atomic E-state index is 14.3. The molecule has 3 aromatic carbocycles. The van der Waals surface area contributed by atoms with Crippen LogP contribution >= 0.6 is 18.7 Å². The predicted molar refractivity (Wildman–Crippen MR) is 104 cm³/mol. The van der Waals surface area contributed by atoms with Crippen LogP contribution in [0, 0.1) is 5.82 Å². The first-order chi connectivity index (χ1) is 12.1. The molecule has 3 rings (SSSR count). The van der Waals surface area contributed by atoms with Crippen LogP contribution in [0.3, 0.4) is 0 Å². The number of hydrogen-bond donors (Lipinski definition) is 0. The molecule has 3 aromatic rings. The Morgan fingerprint density at radius 3 is 1.88 bits per heavy atom. The van der Waals surface area contributed by atoms with Crippen LogP contribution in [0.4, 0.5) is 4.39 Å². The van der Waals surface area contributed by atoms with Gasteiger partial charge in [-0.3, -0.25) is 0 Å². The highest BCUT2D eigenvalue weighted by Crippen LogP contribution is 2.56. The van der Waals surface area contributed by atoms with Gasteiger partial charge in [0, 0.05) is 10.6 Å². The fourth-order valence-electron chi connectivity index (χ4n) is 2.72. The van der Waals surface area contributed by atoms with Crippen molar-refractivity contribution in [1.82, 2.24) is 0 Å². The van der Waals surface area contributed by atoms with Crippen molar-refractivity contribution in [2.45, 2.75) is 0 Å². The molecule has 0 radical (unpaired) electrons. The number of hydrogen-bond acceptors (Lipinski definition) is 1. The van der Waals surface area contributed by atoms with E-state index in [0.717, 1.165) is 0 Å². The Morgan fingerprint density at radius 2 is 1.44 bits per heavy atom. The largest absolute Gasteiger partial charge is 0.308 e. The Labute approximate surface area is 151 Å². The van der Waals surface area contributed by atoms with Crippen molar-refractivity contribution >= 4 is 34.7 Å². The summed E-state index contributed by atoms with van der Waals surface area (Å²) in [5.74, 6) is -0.525. The normalized spacial score (nSPS) is 11.0. The molecule has 0 unspecified atom stereocenters. The van der Waals surface area contributed by atoms with Crippen LogP contribution < -0.4 is 10.6 Å². The van der Waals surface area contributed by atoms with Gasteiger partial charge in [-0.15, -0.1) is 5.73 Å². The molecule has 4 heteroatoms. The molecule has 124 valence electrons. The van der Waals surface area contributed by atoms with Crippen molar-refractivity contribution in [1.29, 1.82) is 0 Å². The zero-order valence-electron chi connectivity index (χ0n) is 13.3. The molecule has 0 aliphatic rings. The zero-order chi connectivity index (χ0) is 17.9. The van der Waals surface area contributed by atoms with Crippen LogP contribution in [0.1, 0.15) is 5.56 Å². The predicted octanol–water partition coefficient (Wildman–Crippen LogP) is 5.62. The van der Waals surface area contributed by atoms with Gasteiger partial charge in [0.25, 0.3) is 0 Å². The van der Waals surface area contributed by atoms with Crippen molar-refractivity contribution in [2.75, 3.05) is 0 Å². The molecule has 0 N–H and O–H groups in total. The minimum Gasteiger partial charge on any atom is -0.308 e. The summed E-state index contributed by atoms with van der Waals surface area (Å²) in [4.78, 5) is 0. The monoisotopic (exact) mass is 368 g/mol. The van der Waals surface area contributed by atoms with E-state index >= 15 is 0 Å². The number of benzene rings is 3. The van der Waals surface area contributed by atoms with E-state index in [0.29, 0.717) is 21.5 Å². The van der Waals surface area contributed by atoms with Crippen molar-refractivity contribution < 1.29 is 8.96 Å². The van der Waals surface area contributed by atoms with E-state index in [1.54, 1.807) is 6.07 Å². The van der Waals surface area contributed by atoms with Crippen LogP contribution in [-0.2, 0) is 4.57 Å². The Hall–Kier alpha value is -2.37. The van der Waals surface area contributed by atoms with Gasteiger partial charge < -0.3 is 4.57 Å². The Bertz CT molecular complexity index is 949. The summed E-state index contributed by atoms with van der Waals surface area (Å²) in [6, 6.07) is 22.6. The minimum absolute atomic E-state index is 0.0297. The van der Waals surface area contributed by atoms with Gasteiger partial charge in [0.05, 0.1) is 10.3 Å². The summed E-state index contributed by atoms with van der Waals surface area (Å²) in [7, 11) is -3.23. The SMILES string of the molecule is C=C=C(c1ccc(F)c(Cl)c1)P(=O)(c1ccccc1)c1ccccc1. The van der Waals surface area contributed by atoms with Crippen LogP contribution in [0.25, 0.3) is 5.31 Å². The van der Waals surface area contributed by atoms with E-state index < -0.39 is 13.0 Å². The number of halogens is 2. The van der Waals surface area contributed by atoms with Gasteiger partial charge >= 0.3 is 0 Å². The number of rotatable bonds is 4. The second-order valence-corrected chi connectivity index (χ2v) is 8.54. The molecule has 1 nitrogen and oxygen atoms in total. The van der Waals surface area contributed by atoms with E-state index in [9.17, 15) is 8.96 Å². The highest BCUT2D eigenvalue weighted by molar-refractivity contribution is 7.87. The van der Waals surface area contributed by atoms with Gasteiger partial charge in [-0.05, 0) is 17.7 Å². The smallest absolute Gasteiger partial charge is 0.178 e.